The number of nitrogens with one attached hydrogen (secondary N) is 1. The number of halogens is 1. The summed E-state index contributed by atoms with van der Waals surface area (Å²) < 4.78 is 2.66. The molecule has 0 aliphatic heterocycles. The maximum Gasteiger partial charge on any atom is 0.275 e. The van der Waals surface area contributed by atoms with Crippen LogP contribution in [-0.2, 0) is 13.1 Å². The zero-order chi connectivity index (χ0) is 14.8. The fourth-order valence-electron chi connectivity index (χ4n) is 2.20. The minimum Gasteiger partial charge on any atom is -0.329 e. The van der Waals surface area contributed by atoms with Gasteiger partial charge < -0.3 is 9.88 Å². The quantitative estimate of drug-likeness (QED) is 0.642. The van der Waals surface area contributed by atoms with Crippen LogP contribution in [0.4, 0.5) is 5.69 Å². The second-order valence-electron chi connectivity index (χ2n) is 5.16. The first-order chi connectivity index (χ1) is 10.1. The van der Waals surface area contributed by atoms with Crippen LogP contribution >= 0.6 is 15.9 Å². The molecule has 0 saturated heterocycles. The lowest BCUT2D eigenvalue weighted by atomic mass is 10.2. The third-order valence-electron chi connectivity index (χ3n) is 3.51. The van der Waals surface area contributed by atoms with E-state index in [1.807, 2.05) is 16.8 Å². The zero-order valence-corrected chi connectivity index (χ0v) is 12.9. The number of hydrogen-bond acceptors (Lipinski definition) is 4. The first kappa shape index (κ1) is 14.2. The van der Waals surface area contributed by atoms with Crippen molar-refractivity contribution in [3.63, 3.8) is 0 Å². The van der Waals surface area contributed by atoms with Gasteiger partial charge in [0, 0.05) is 34.5 Å². The lowest BCUT2D eigenvalue weighted by Gasteiger charge is -2.09. The van der Waals surface area contributed by atoms with E-state index in [2.05, 4.69) is 26.2 Å². The Balaban J connectivity index is 1.80. The van der Waals surface area contributed by atoms with Crippen molar-refractivity contribution in [3.8, 4) is 0 Å². The van der Waals surface area contributed by atoms with Crippen LogP contribution in [0.1, 0.15) is 24.2 Å². The summed E-state index contributed by atoms with van der Waals surface area (Å²) in [6.45, 7) is 1.15. The molecule has 110 valence electrons. The predicted octanol–water partition coefficient (Wildman–Crippen LogP) is 2.85. The van der Waals surface area contributed by atoms with E-state index in [4.69, 9.17) is 0 Å². The van der Waals surface area contributed by atoms with Gasteiger partial charge in [0.2, 0.25) is 0 Å². The van der Waals surface area contributed by atoms with Crippen molar-refractivity contribution in [2.75, 3.05) is 0 Å². The van der Waals surface area contributed by atoms with Gasteiger partial charge in [-0.1, -0.05) is 15.9 Å². The molecule has 0 radical (unpaired) electrons. The number of nitro benzene ring substituents is 1. The van der Waals surface area contributed by atoms with Gasteiger partial charge in [-0.25, -0.2) is 4.98 Å². The molecule has 21 heavy (non-hydrogen) atoms. The molecule has 1 fully saturated rings. The van der Waals surface area contributed by atoms with Crippen molar-refractivity contribution in [1.29, 1.82) is 0 Å². The molecule has 1 saturated carbocycles. The number of nitrogens with zero attached hydrogens (tertiary/aromatic N) is 3. The number of rotatable bonds is 6. The van der Waals surface area contributed by atoms with E-state index < -0.39 is 0 Å². The Kier molecular flexibility index (Phi) is 4.03. The van der Waals surface area contributed by atoms with Crippen LogP contribution in [0.15, 0.2) is 35.1 Å². The Labute approximate surface area is 130 Å². The lowest BCUT2D eigenvalue weighted by Crippen LogP contribution is -2.19. The van der Waals surface area contributed by atoms with E-state index in [0.717, 1.165) is 5.82 Å². The molecule has 0 amide bonds. The summed E-state index contributed by atoms with van der Waals surface area (Å²) in [6.07, 6.45) is 6.03. The van der Waals surface area contributed by atoms with Crippen LogP contribution in [-0.4, -0.2) is 20.5 Å². The molecule has 1 aliphatic rings. The van der Waals surface area contributed by atoms with Crippen LogP contribution in [0.2, 0.25) is 0 Å². The Morgan fingerprint density at radius 3 is 3.00 bits per heavy atom. The molecule has 2 aromatic rings. The number of imidazole rings is 1. The van der Waals surface area contributed by atoms with Crippen LogP contribution < -0.4 is 5.32 Å². The summed E-state index contributed by atoms with van der Waals surface area (Å²) in [5, 5.41) is 14.6. The minimum atomic E-state index is -0.348. The zero-order valence-electron chi connectivity index (χ0n) is 11.3. The Morgan fingerprint density at radius 2 is 2.29 bits per heavy atom. The average molecular weight is 351 g/mol. The second-order valence-corrected chi connectivity index (χ2v) is 6.07. The first-order valence-corrected chi connectivity index (χ1v) is 7.59. The highest BCUT2D eigenvalue weighted by molar-refractivity contribution is 9.10. The number of aromatic nitrogens is 2. The average Bonchev–Trinajstić information content (AvgIpc) is 3.18. The van der Waals surface area contributed by atoms with Crippen LogP contribution in [0, 0.1) is 10.1 Å². The molecule has 1 heterocycles. The van der Waals surface area contributed by atoms with Gasteiger partial charge in [0.25, 0.3) is 5.69 Å². The van der Waals surface area contributed by atoms with Gasteiger partial charge in [-0.3, -0.25) is 10.1 Å². The molecule has 0 unspecified atom stereocenters. The Morgan fingerprint density at radius 1 is 1.48 bits per heavy atom. The highest BCUT2D eigenvalue weighted by Crippen LogP contribution is 2.25. The van der Waals surface area contributed by atoms with Gasteiger partial charge in [0.05, 0.1) is 18.0 Å². The standard InChI is InChI=1S/C14H15BrN4O2/c15-11-2-1-10(13(7-11)19(20)21)9-18-6-5-16-14(18)8-17-12-3-4-12/h1-2,5-7,12,17H,3-4,8-9H2. The van der Waals surface area contributed by atoms with E-state index in [9.17, 15) is 10.1 Å². The normalized spacial score (nSPS) is 14.3. The van der Waals surface area contributed by atoms with E-state index >= 15 is 0 Å². The van der Waals surface area contributed by atoms with Crippen LogP contribution in [0.25, 0.3) is 0 Å². The summed E-state index contributed by atoms with van der Waals surface area (Å²) in [7, 11) is 0. The molecule has 3 rings (SSSR count). The van der Waals surface area contributed by atoms with Gasteiger partial charge in [-0.15, -0.1) is 0 Å². The summed E-state index contributed by atoms with van der Waals surface area (Å²) >= 11 is 3.27. The van der Waals surface area contributed by atoms with E-state index in [1.54, 1.807) is 12.3 Å². The van der Waals surface area contributed by atoms with Crippen LogP contribution in [0.3, 0.4) is 0 Å². The van der Waals surface area contributed by atoms with Gasteiger partial charge in [-0.05, 0) is 25.0 Å². The van der Waals surface area contributed by atoms with Gasteiger partial charge in [-0.2, -0.15) is 0 Å². The minimum absolute atomic E-state index is 0.124. The molecule has 1 aromatic heterocycles. The molecule has 1 N–H and O–H groups in total. The molecule has 6 nitrogen and oxygen atoms in total. The molecular formula is C14H15BrN4O2. The van der Waals surface area contributed by atoms with Gasteiger partial charge >= 0.3 is 0 Å². The maximum atomic E-state index is 11.2. The molecule has 1 aliphatic carbocycles. The summed E-state index contributed by atoms with van der Waals surface area (Å²) in [5.74, 6) is 0.902. The second kappa shape index (κ2) is 5.95. The fraction of sp³-hybridized carbons (Fsp3) is 0.357. The van der Waals surface area contributed by atoms with E-state index in [-0.39, 0.29) is 10.6 Å². The van der Waals surface area contributed by atoms with Crippen molar-refractivity contribution in [2.24, 2.45) is 0 Å². The highest BCUT2D eigenvalue weighted by Gasteiger charge is 2.21. The molecule has 1 aromatic carbocycles. The number of benzene rings is 1. The molecule has 0 spiro atoms. The summed E-state index contributed by atoms with van der Waals surface area (Å²) in [5.41, 5.74) is 0.799. The highest BCUT2D eigenvalue weighted by atomic mass is 79.9. The Hall–Kier alpha value is -1.73. The topological polar surface area (TPSA) is 73.0 Å². The van der Waals surface area contributed by atoms with Crippen molar-refractivity contribution in [3.05, 3.63) is 56.6 Å². The fourth-order valence-corrected chi connectivity index (χ4v) is 2.55. The summed E-state index contributed by atoms with van der Waals surface area (Å²) in [4.78, 5) is 15.1. The SMILES string of the molecule is O=[N+]([O-])c1cc(Br)ccc1Cn1ccnc1CNC1CC1. The van der Waals surface area contributed by atoms with Gasteiger partial charge in [0.15, 0.2) is 0 Å². The Bertz CT molecular complexity index is 667. The molecule has 0 atom stereocenters. The third-order valence-corrected chi connectivity index (χ3v) is 4.01. The number of hydrogen-bond donors (Lipinski definition) is 1. The molecule has 0 bridgehead atoms. The van der Waals surface area contributed by atoms with Crippen molar-refractivity contribution in [1.82, 2.24) is 14.9 Å². The van der Waals surface area contributed by atoms with E-state index in [1.165, 1.54) is 18.9 Å². The van der Waals surface area contributed by atoms with Crippen LogP contribution in [0.5, 0.6) is 0 Å². The molecular weight excluding hydrogens is 336 g/mol. The predicted molar refractivity (Wildman–Crippen MR) is 82.0 cm³/mol. The van der Waals surface area contributed by atoms with Crippen molar-refractivity contribution >= 4 is 21.6 Å². The monoisotopic (exact) mass is 350 g/mol. The molecule has 7 heteroatoms. The lowest BCUT2D eigenvalue weighted by molar-refractivity contribution is -0.385. The maximum absolute atomic E-state index is 11.2. The first-order valence-electron chi connectivity index (χ1n) is 6.79. The number of nitro groups is 1. The van der Waals surface area contributed by atoms with Crippen molar-refractivity contribution < 1.29 is 4.92 Å². The van der Waals surface area contributed by atoms with Crippen molar-refractivity contribution in [2.45, 2.75) is 32.0 Å². The third kappa shape index (κ3) is 3.48. The van der Waals surface area contributed by atoms with Gasteiger partial charge in [0.1, 0.15) is 5.82 Å². The largest absolute Gasteiger partial charge is 0.329 e. The van der Waals surface area contributed by atoms with E-state index in [0.29, 0.717) is 29.2 Å². The smallest absolute Gasteiger partial charge is 0.275 e. The summed E-state index contributed by atoms with van der Waals surface area (Å²) in [6, 6.07) is 5.74.